The second-order valence-corrected chi connectivity index (χ2v) is 4.44. The van der Waals surface area contributed by atoms with E-state index in [0.29, 0.717) is 11.9 Å². The molecule has 2 aliphatic rings. The van der Waals surface area contributed by atoms with Gasteiger partial charge in [0.25, 0.3) is 0 Å². The lowest BCUT2D eigenvalue weighted by Crippen LogP contribution is -2.42. The van der Waals surface area contributed by atoms with Crippen molar-refractivity contribution in [2.24, 2.45) is 0 Å². The molecule has 2 aliphatic heterocycles. The molecule has 2 heteroatoms. The number of piperidine rings is 1. The molecule has 1 unspecified atom stereocenters. The first-order valence-corrected chi connectivity index (χ1v) is 5.73. The summed E-state index contributed by atoms with van der Waals surface area (Å²) in [5.74, 6) is 0.348. The zero-order chi connectivity index (χ0) is 10.3. The molecule has 1 atom stereocenters. The fourth-order valence-electron chi connectivity index (χ4n) is 2.85. The van der Waals surface area contributed by atoms with Crippen LogP contribution in [0, 0.1) is 0 Å². The van der Waals surface area contributed by atoms with Crippen LogP contribution in [-0.4, -0.2) is 17.4 Å². The summed E-state index contributed by atoms with van der Waals surface area (Å²) in [6, 6.07) is 8.94. The number of hydrogen-bond acceptors (Lipinski definition) is 1. The first-order valence-electron chi connectivity index (χ1n) is 5.73. The van der Waals surface area contributed by atoms with Crippen LogP contribution in [0.15, 0.2) is 24.3 Å². The lowest BCUT2D eigenvalue weighted by atomic mass is 9.87. The molecule has 78 valence electrons. The Balaban J connectivity index is 2.02. The Bertz CT molecular complexity index is 399. The van der Waals surface area contributed by atoms with Crippen LogP contribution in [0.25, 0.3) is 0 Å². The third-order valence-corrected chi connectivity index (χ3v) is 3.60. The first kappa shape index (κ1) is 8.96. The third kappa shape index (κ3) is 1.36. The van der Waals surface area contributed by atoms with E-state index in [-0.39, 0.29) is 0 Å². The molecule has 1 aromatic carbocycles. The van der Waals surface area contributed by atoms with Crippen molar-refractivity contribution in [3.05, 3.63) is 35.4 Å². The zero-order valence-corrected chi connectivity index (χ0v) is 8.78. The van der Waals surface area contributed by atoms with Gasteiger partial charge in [-0.2, -0.15) is 0 Å². The van der Waals surface area contributed by atoms with Crippen LogP contribution in [0.1, 0.15) is 36.4 Å². The van der Waals surface area contributed by atoms with Gasteiger partial charge in [-0.05, 0) is 30.4 Å². The SMILES string of the molecule is O=C1CCCC2c3ccccc3CCN12. The van der Waals surface area contributed by atoms with Crippen LogP contribution in [0.3, 0.4) is 0 Å². The van der Waals surface area contributed by atoms with Crippen LogP contribution >= 0.6 is 0 Å². The van der Waals surface area contributed by atoms with E-state index in [2.05, 4.69) is 29.2 Å². The standard InChI is InChI=1S/C13H15NO/c15-13-7-3-6-12-11-5-2-1-4-10(11)8-9-14(12)13/h1-2,4-5,12H,3,6-9H2. The van der Waals surface area contributed by atoms with Crippen LogP contribution in [-0.2, 0) is 11.2 Å². The molecule has 1 amide bonds. The van der Waals surface area contributed by atoms with E-state index in [1.807, 2.05) is 0 Å². The van der Waals surface area contributed by atoms with Crippen molar-refractivity contribution in [1.82, 2.24) is 4.90 Å². The Labute approximate surface area is 89.9 Å². The summed E-state index contributed by atoms with van der Waals surface area (Å²) in [6.45, 7) is 0.917. The van der Waals surface area contributed by atoms with Crippen molar-refractivity contribution < 1.29 is 4.79 Å². The molecular weight excluding hydrogens is 186 g/mol. The molecule has 15 heavy (non-hydrogen) atoms. The van der Waals surface area contributed by atoms with Crippen LogP contribution in [0.2, 0.25) is 0 Å². The number of carbonyl (C=O) groups excluding carboxylic acids is 1. The molecule has 0 aromatic heterocycles. The Kier molecular flexibility index (Phi) is 2.01. The van der Waals surface area contributed by atoms with E-state index < -0.39 is 0 Å². The lowest BCUT2D eigenvalue weighted by Gasteiger charge is -2.40. The van der Waals surface area contributed by atoms with E-state index in [1.165, 1.54) is 11.1 Å². The minimum Gasteiger partial charge on any atom is -0.335 e. The van der Waals surface area contributed by atoms with Crippen molar-refractivity contribution in [3.8, 4) is 0 Å². The maximum atomic E-state index is 11.8. The molecule has 0 bridgehead atoms. The van der Waals surface area contributed by atoms with E-state index in [9.17, 15) is 4.79 Å². The smallest absolute Gasteiger partial charge is 0.223 e. The lowest BCUT2D eigenvalue weighted by molar-refractivity contribution is -0.137. The van der Waals surface area contributed by atoms with Gasteiger partial charge >= 0.3 is 0 Å². The summed E-state index contributed by atoms with van der Waals surface area (Å²) in [6.07, 6.45) is 3.97. The monoisotopic (exact) mass is 201 g/mol. The normalized spacial score (nSPS) is 24.7. The quantitative estimate of drug-likeness (QED) is 0.630. The zero-order valence-electron chi connectivity index (χ0n) is 8.78. The highest BCUT2D eigenvalue weighted by Gasteiger charge is 2.32. The summed E-state index contributed by atoms with van der Waals surface area (Å²) in [5.41, 5.74) is 2.82. The Morgan fingerprint density at radius 1 is 1.20 bits per heavy atom. The second-order valence-electron chi connectivity index (χ2n) is 4.44. The second kappa shape index (κ2) is 3.37. The maximum absolute atomic E-state index is 11.8. The van der Waals surface area contributed by atoms with Crippen molar-refractivity contribution in [2.45, 2.75) is 31.7 Å². The van der Waals surface area contributed by atoms with Crippen molar-refractivity contribution in [2.75, 3.05) is 6.54 Å². The summed E-state index contributed by atoms with van der Waals surface area (Å²) in [5, 5.41) is 0. The summed E-state index contributed by atoms with van der Waals surface area (Å²) >= 11 is 0. The number of nitrogens with zero attached hydrogens (tertiary/aromatic N) is 1. The van der Waals surface area contributed by atoms with Gasteiger partial charge in [0.05, 0.1) is 6.04 Å². The molecule has 2 nitrogen and oxygen atoms in total. The van der Waals surface area contributed by atoms with Gasteiger partial charge in [-0.1, -0.05) is 24.3 Å². The molecule has 0 N–H and O–H groups in total. The highest BCUT2D eigenvalue weighted by molar-refractivity contribution is 5.78. The molecule has 1 fully saturated rings. The molecule has 0 aliphatic carbocycles. The largest absolute Gasteiger partial charge is 0.335 e. The van der Waals surface area contributed by atoms with Gasteiger partial charge < -0.3 is 4.90 Å². The highest BCUT2D eigenvalue weighted by Crippen LogP contribution is 2.36. The molecule has 0 spiro atoms. The van der Waals surface area contributed by atoms with Gasteiger partial charge in [0.1, 0.15) is 0 Å². The molecule has 2 heterocycles. The van der Waals surface area contributed by atoms with Gasteiger partial charge in [0, 0.05) is 13.0 Å². The Hall–Kier alpha value is -1.31. The topological polar surface area (TPSA) is 20.3 Å². The van der Waals surface area contributed by atoms with Gasteiger partial charge in [0.2, 0.25) is 5.91 Å². The van der Waals surface area contributed by atoms with Crippen molar-refractivity contribution in [1.29, 1.82) is 0 Å². The average Bonchev–Trinajstić information content (AvgIpc) is 2.29. The fraction of sp³-hybridized carbons (Fsp3) is 0.462. The number of hydrogen-bond donors (Lipinski definition) is 0. The van der Waals surface area contributed by atoms with Crippen LogP contribution < -0.4 is 0 Å². The van der Waals surface area contributed by atoms with Crippen LogP contribution in [0.5, 0.6) is 0 Å². The van der Waals surface area contributed by atoms with E-state index in [4.69, 9.17) is 0 Å². The molecule has 0 radical (unpaired) electrons. The average molecular weight is 201 g/mol. The highest BCUT2D eigenvalue weighted by atomic mass is 16.2. The number of benzene rings is 1. The molecular formula is C13H15NO. The summed E-state index contributed by atoms with van der Waals surface area (Å²) < 4.78 is 0. The predicted octanol–water partition coefficient (Wildman–Crippen LogP) is 2.30. The Morgan fingerprint density at radius 2 is 2.07 bits per heavy atom. The first-order chi connectivity index (χ1) is 7.36. The minimum absolute atomic E-state index is 0.348. The van der Waals surface area contributed by atoms with Gasteiger partial charge in [-0.15, -0.1) is 0 Å². The molecule has 1 aromatic rings. The number of amides is 1. The van der Waals surface area contributed by atoms with Crippen LogP contribution in [0.4, 0.5) is 0 Å². The van der Waals surface area contributed by atoms with E-state index in [1.54, 1.807) is 0 Å². The van der Waals surface area contributed by atoms with Gasteiger partial charge in [0.15, 0.2) is 0 Å². The minimum atomic E-state index is 0.348. The molecule has 0 saturated carbocycles. The number of carbonyl (C=O) groups is 1. The van der Waals surface area contributed by atoms with Gasteiger partial charge in [-0.25, -0.2) is 0 Å². The van der Waals surface area contributed by atoms with Crippen molar-refractivity contribution >= 4 is 5.91 Å². The third-order valence-electron chi connectivity index (χ3n) is 3.60. The summed E-state index contributed by atoms with van der Waals surface area (Å²) in [4.78, 5) is 13.8. The molecule has 3 rings (SSSR count). The fourth-order valence-corrected chi connectivity index (χ4v) is 2.85. The van der Waals surface area contributed by atoms with Crippen molar-refractivity contribution in [3.63, 3.8) is 0 Å². The maximum Gasteiger partial charge on any atom is 0.223 e. The predicted molar refractivity (Wildman–Crippen MR) is 58.5 cm³/mol. The summed E-state index contributed by atoms with van der Waals surface area (Å²) in [7, 11) is 0. The molecule has 1 saturated heterocycles. The van der Waals surface area contributed by atoms with Gasteiger partial charge in [-0.3, -0.25) is 4.79 Å². The van der Waals surface area contributed by atoms with E-state index in [0.717, 1.165) is 32.2 Å². The number of rotatable bonds is 0. The van der Waals surface area contributed by atoms with E-state index >= 15 is 0 Å². The Morgan fingerprint density at radius 3 is 3.00 bits per heavy atom. The number of fused-ring (bicyclic) bond motifs is 3.